The average Bonchev–Trinajstić information content (AvgIpc) is 2.60. The van der Waals surface area contributed by atoms with Crippen molar-refractivity contribution in [1.82, 2.24) is 5.32 Å². The molecule has 1 aliphatic rings. The molecular formula is C19H19ClN2O3. The van der Waals surface area contributed by atoms with Gasteiger partial charge in [0, 0.05) is 5.02 Å². The van der Waals surface area contributed by atoms with E-state index in [1.807, 2.05) is 37.3 Å². The fraction of sp³-hybridized carbons (Fsp3) is 0.263. The second kappa shape index (κ2) is 7.15. The number of nitrogens with zero attached hydrogens (tertiary/aromatic N) is 1. The third-order valence-electron chi connectivity index (χ3n) is 4.11. The SMILES string of the molecule is CC1Oc2ccc(Cl)cc2N(CC(=O)NC(C)c2ccccc2)C1=O. The summed E-state index contributed by atoms with van der Waals surface area (Å²) in [5.74, 6) is 0.0300. The highest BCUT2D eigenvalue weighted by Crippen LogP contribution is 2.36. The monoisotopic (exact) mass is 358 g/mol. The summed E-state index contributed by atoms with van der Waals surface area (Å²) in [4.78, 5) is 26.4. The maximum atomic E-state index is 12.5. The molecule has 5 nitrogen and oxygen atoms in total. The molecule has 1 heterocycles. The number of anilines is 1. The van der Waals surface area contributed by atoms with Gasteiger partial charge in [-0.3, -0.25) is 14.5 Å². The largest absolute Gasteiger partial charge is 0.479 e. The molecule has 3 rings (SSSR count). The molecule has 2 aromatic rings. The van der Waals surface area contributed by atoms with E-state index in [0.717, 1.165) is 5.56 Å². The molecular weight excluding hydrogens is 340 g/mol. The van der Waals surface area contributed by atoms with Crippen molar-refractivity contribution >= 4 is 29.1 Å². The number of rotatable bonds is 4. The molecule has 25 heavy (non-hydrogen) atoms. The quantitative estimate of drug-likeness (QED) is 0.912. The van der Waals surface area contributed by atoms with E-state index >= 15 is 0 Å². The Morgan fingerprint density at radius 1 is 1.28 bits per heavy atom. The Morgan fingerprint density at radius 2 is 2.00 bits per heavy atom. The first-order chi connectivity index (χ1) is 12.0. The Hall–Kier alpha value is -2.53. The molecule has 0 radical (unpaired) electrons. The Kier molecular flexibility index (Phi) is 4.95. The third-order valence-corrected chi connectivity index (χ3v) is 4.34. The van der Waals surface area contributed by atoms with Gasteiger partial charge in [0.2, 0.25) is 5.91 Å². The topological polar surface area (TPSA) is 58.6 Å². The third kappa shape index (κ3) is 3.77. The highest BCUT2D eigenvalue weighted by molar-refractivity contribution is 6.31. The van der Waals surface area contributed by atoms with Gasteiger partial charge in [-0.25, -0.2) is 0 Å². The average molecular weight is 359 g/mol. The molecule has 130 valence electrons. The van der Waals surface area contributed by atoms with Crippen LogP contribution in [0.2, 0.25) is 5.02 Å². The number of fused-ring (bicyclic) bond motifs is 1. The van der Waals surface area contributed by atoms with Crippen LogP contribution in [0.25, 0.3) is 0 Å². The van der Waals surface area contributed by atoms with Gasteiger partial charge in [-0.1, -0.05) is 41.9 Å². The molecule has 2 unspecified atom stereocenters. The zero-order chi connectivity index (χ0) is 18.0. The Balaban J connectivity index is 1.76. The van der Waals surface area contributed by atoms with Crippen LogP contribution in [-0.2, 0) is 9.59 Å². The second-order valence-corrected chi connectivity index (χ2v) is 6.43. The first kappa shape index (κ1) is 17.3. The summed E-state index contributed by atoms with van der Waals surface area (Å²) in [6.45, 7) is 3.48. The molecule has 0 aliphatic carbocycles. The summed E-state index contributed by atoms with van der Waals surface area (Å²) in [5.41, 5.74) is 1.51. The molecule has 0 saturated heterocycles. The summed E-state index contributed by atoms with van der Waals surface area (Å²) in [6, 6.07) is 14.5. The highest BCUT2D eigenvalue weighted by atomic mass is 35.5. The Labute approximate surface area is 151 Å². The highest BCUT2D eigenvalue weighted by Gasteiger charge is 2.33. The first-order valence-corrected chi connectivity index (χ1v) is 8.45. The maximum absolute atomic E-state index is 12.5. The molecule has 0 saturated carbocycles. The number of hydrogen-bond acceptors (Lipinski definition) is 3. The van der Waals surface area contributed by atoms with Crippen molar-refractivity contribution in [3.05, 3.63) is 59.1 Å². The van der Waals surface area contributed by atoms with Gasteiger partial charge in [0.15, 0.2) is 6.10 Å². The van der Waals surface area contributed by atoms with E-state index in [1.165, 1.54) is 4.90 Å². The van der Waals surface area contributed by atoms with Crippen LogP contribution >= 0.6 is 11.6 Å². The minimum atomic E-state index is -0.645. The fourth-order valence-electron chi connectivity index (χ4n) is 2.80. The van der Waals surface area contributed by atoms with Crippen LogP contribution in [0.15, 0.2) is 48.5 Å². The van der Waals surface area contributed by atoms with Crippen LogP contribution in [0.3, 0.4) is 0 Å². The fourth-order valence-corrected chi connectivity index (χ4v) is 2.97. The predicted octanol–water partition coefficient (Wildman–Crippen LogP) is 3.33. The van der Waals surface area contributed by atoms with Crippen LogP contribution in [0.5, 0.6) is 5.75 Å². The van der Waals surface area contributed by atoms with Crippen molar-refractivity contribution in [2.75, 3.05) is 11.4 Å². The predicted molar refractivity (Wildman–Crippen MR) is 96.9 cm³/mol. The molecule has 2 aromatic carbocycles. The standard InChI is InChI=1S/C19H19ClN2O3/c1-12(14-6-4-3-5-7-14)21-18(23)11-22-16-10-15(20)8-9-17(16)25-13(2)19(22)24/h3-10,12-13H,11H2,1-2H3,(H,21,23). The van der Waals surface area contributed by atoms with Gasteiger partial charge < -0.3 is 10.1 Å². The van der Waals surface area contributed by atoms with E-state index < -0.39 is 6.10 Å². The van der Waals surface area contributed by atoms with E-state index in [2.05, 4.69) is 5.32 Å². The number of ether oxygens (including phenoxy) is 1. The van der Waals surface area contributed by atoms with Gasteiger partial charge in [0.1, 0.15) is 12.3 Å². The van der Waals surface area contributed by atoms with E-state index in [1.54, 1.807) is 25.1 Å². The summed E-state index contributed by atoms with van der Waals surface area (Å²) >= 11 is 6.03. The van der Waals surface area contributed by atoms with E-state index in [0.29, 0.717) is 16.5 Å². The zero-order valence-corrected chi connectivity index (χ0v) is 14.8. The molecule has 1 aliphatic heterocycles. The van der Waals surface area contributed by atoms with Gasteiger partial charge in [0.25, 0.3) is 5.91 Å². The molecule has 0 spiro atoms. The normalized spacial score (nSPS) is 17.5. The summed E-state index contributed by atoms with van der Waals surface area (Å²) in [7, 11) is 0. The molecule has 2 atom stereocenters. The lowest BCUT2D eigenvalue weighted by Crippen LogP contribution is -2.49. The molecule has 6 heteroatoms. The van der Waals surface area contributed by atoms with Crippen molar-refractivity contribution in [1.29, 1.82) is 0 Å². The number of carbonyl (C=O) groups excluding carboxylic acids is 2. The van der Waals surface area contributed by atoms with Gasteiger partial charge in [0.05, 0.1) is 11.7 Å². The second-order valence-electron chi connectivity index (χ2n) is 6.00. The van der Waals surface area contributed by atoms with Gasteiger partial charge in [-0.05, 0) is 37.6 Å². The molecule has 0 aromatic heterocycles. The maximum Gasteiger partial charge on any atom is 0.268 e. The minimum Gasteiger partial charge on any atom is -0.479 e. The molecule has 2 amide bonds. The summed E-state index contributed by atoms with van der Waals surface area (Å²) < 4.78 is 5.58. The van der Waals surface area contributed by atoms with Gasteiger partial charge in [-0.2, -0.15) is 0 Å². The molecule has 1 N–H and O–H groups in total. The minimum absolute atomic E-state index is 0.0863. The van der Waals surface area contributed by atoms with Crippen LogP contribution in [-0.4, -0.2) is 24.5 Å². The smallest absolute Gasteiger partial charge is 0.268 e. The van der Waals surface area contributed by atoms with Crippen molar-refractivity contribution in [2.24, 2.45) is 0 Å². The lowest BCUT2D eigenvalue weighted by Gasteiger charge is -2.33. The van der Waals surface area contributed by atoms with Crippen molar-refractivity contribution in [2.45, 2.75) is 26.0 Å². The van der Waals surface area contributed by atoms with Crippen LogP contribution < -0.4 is 15.0 Å². The van der Waals surface area contributed by atoms with Gasteiger partial charge >= 0.3 is 0 Å². The molecule has 0 bridgehead atoms. The Morgan fingerprint density at radius 3 is 2.72 bits per heavy atom. The number of nitrogens with one attached hydrogen (secondary N) is 1. The van der Waals surface area contributed by atoms with Crippen LogP contribution in [0.4, 0.5) is 5.69 Å². The van der Waals surface area contributed by atoms with Crippen LogP contribution in [0.1, 0.15) is 25.5 Å². The van der Waals surface area contributed by atoms with Crippen molar-refractivity contribution in [3.63, 3.8) is 0 Å². The first-order valence-electron chi connectivity index (χ1n) is 8.07. The number of hydrogen-bond donors (Lipinski definition) is 1. The zero-order valence-electron chi connectivity index (χ0n) is 14.0. The Bertz CT molecular complexity index is 795. The number of benzene rings is 2. The van der Waals surface area contributed by atoms with E-state index in [-0.39, 0.29) is 24.4 Å². The number of halogens is 1. The summed E-state index contributed by atoms with van der Waals surface area (Å²) in [5, 5.41) is 3.40. The lowest BCUT2D eigenvalue weighted by molar-refractivity contribution is -0.128. The van der Waals surface area contributed by atoms with E-state index in [9.17, 15) is 9.59 Å². The van der Waals surface area contributed by atoms with Crippen LogP contribution in [0, 0.1) is 0 Å². The number of amides is 2. The van der Waals surface area contributed by atoms with Crippen molar-refractivity contribution in [3.8, 4) is 5.75 Å². The summed E-state index contributed by atoms with van der Waals surface area (Å²) in [6.07, 6.45) is -0.645. The van der Waals surface area contributed by atoms with Gasteiger partial charge in [-0.15, -0.1) is 0 Å². The number of carbonyl (C=O) groups is 2. The van der Waals surface area contributed by atoms with E-state index in [4.69, 9.17) is 16.3 Å². The molecule has 0 fully saturated rings. The lowest BCUT2D eigenvalue weighted by atomic mass is 10.1. The van der Waals surface area contributed by atoms with Crippen molar-refractivity contribution < 1.29 is 14.3 Å².